The van der Waals surface area contributed by atoms with Gasteiger partial charge >= 0.3 is 0 Å². The minimum Gasteiger partial charge on any atom is -0.372 e. The van der Waals surface area contributed by atoms with E-state index in [9.17, 15) is 8.42 Å². The second kappa shape index (κ2) is 5.93. The molecule has 21 heavy (non-hydrogen) atoms. The van der Waals surface area contributed by atoms with E-state index in [2.05, 4.69) is 10.3 Å². The zero-order valence-electron chi connectivity index (χ0n) is 12.5. The average molecular weight is 309 g/mol. The van der Waals surface area contributed by atoms with Crippen molar-refractivity contribution in [2.24, 2.45) is 5.92 Å². The Labute approximate surface area is 126 Å². The number of hydrogen-bond donors (Lipinski definition) is 1. The zero-order chi connectivity index (χ0) is 14.9. The van der Waals surface area contributed by atoms with Crippen LogP contribution in [0, 0.1) is 5.92 Å². The van der Waals surface area contributed by atoms with Gasteiger partial charge in [0, 0.05) is 25.8 Å². The first-order valence-corrected chi connectivity index (χ1v) is 9.23. The number of sulfonamides is 1. The smallest absolute Gasteiger partial charge is 0.247 e. The van der Waals surface area contributed by atoms with Crippen molar-refractivity contribution in [3.63, 3.8) is 0 Å². The third-order valence-electron chi connectivity index (χ3n) is 4.79. The Kier molecular flexibility index (Phi) is 4.17. The van der Waals surface area contributed by atoms with Gasteiger partial charge in [0.1, 0.15) is 10.7 Å². The highest BCUT2D eigenvalue weighted by Gasteiger charge is 2.40. The quantitative estimate of drug-likeness (QED) is 0.931. The van der Waals surface area contributed by atoms with Crippen LogP contribution in [0.25, 0.3) is 0 Å². The number of rotatable bonds is 3. The molecule has 1 aromatic rings. The summed E-state index contributed by atoms with van der Waals surface area (Å²) < 4.78 is 27.9. The van der Waals surface area contributed by atoms with Gasteiger partial charge in [-0.3, -0.25) is 0 Å². The maximum atomic E-state index is 13.1. The van der Waals surface area contributed by atoms with E-state index in [-0.39, 0.29) is 6.04 Å². The van der Waals surface area contributed by atoms with Gasteiger partial charge in [0.15, 0.2) is 0 Å². The van der Waals surface area contributed by atoms with Crippen molar-refractivity contribution in [1.29, 1.82) is 0 Å². The van der Waals surface area contributed by atoms with Crippen molar-refractivity contribution in [3.05, 3.63) is 18.3 Å². The second-order valence-electron chi connectivity index (χ2n) is 5.97. The van der Waals surface area contributed by atoms with E-state index in [1.54, 1.807) is 29.7 Å². The molecule has 1 N–H and O–H groups in total. The molecule has 2 aliphatic rings. The minimum atomic E-state index is -3.47. The lowest BCUT2D eigenvalue weighted by Crippen LogP contribution is -2.49. The summed E-state index contributed by atoms with van der Waals surface area (Å²) in [7, 11) is -1.76. The fraction of sp³-hybridized carbons (Fsp3) is 0.667. The molecule has 1 saturated heterocycles. The third-order valence-corrected chi connectivity index (χ3v) is 6.74. The number of anilines is 1. The van der Waals surface area contributed by atoms with Gasteiger partial charge in [0.2, 0.25) is 10.0 Å². The van der Waals surface area contributed by atoms with Crippen LogP contribution in [0.1, 0.15) is 38.5 Å². The van der Waals surface area contributed by atoms with Crippen molar-refractivity contribution >= 4 is 15.8 Å². The first-order valence-electron chi connectivity index (χ1n) is 7.79. The lowest BCUT2D eigenvalue weighted by molar-refractivity contribution is 0.129. The SMILES string of the molecule is CNc1ncccc1S(=O)(=O)N1CCC[C@H]2CCCC[C@H]21. The zero-order valence-corrected chi connectivity index (χ0v) is 13.3. The first kappa shape index (κ1) is 14.8. The number of aromatic nitrogens is 1. The van der Waals surface area contributed by atoms with Crippen LogP contribution in [0.2, 0.25) is 0 Å². The molecule has 3 rings (SSSR count). The Bertz CT molecular complexity index is 601. The van der Waals surface area contributed by atoms with Crippen molar-refractivity contribution in [1.82, 2.24) is 9.29 Å². The molecule has 1 aliphatic heterocycles. The number of fused-ring (bicyclic) bond motifs is 1. The lowest BCUT2D eigenvalue weighted by atomic mass is 9.79. The Hall–Kier alpha value is -1.14. The maximum Gasteiger partial charge on any atom is 0.247 e. The molecule has 1 aliphatic carbocycles. The van der Waals surface area contributed by atoms with Crippen LogP contribution in [0.4, 0.5) is 5.82 Å². The Morgan fingerprint density at radius 3 is 2.81 bits per heavy atom. The third kappa shape index (κ3) is 2.66. The molecule has 0 bridgehead atoms. The van der Waals surface area contributed by atoms with Gasteiger partial charge in [-0.15, -0.1) is 0 Å². The molecule has 0 spiro atoms. The Morgan fingerprint density at radius 2 is 2.00 bits per heavy atom. The molecular weight excluding hydrogens is 286 g/mol. The summed E-state index contributed by atoms with van der Waals surface area (Å²) in [5, 5.41) is 2.90. The molecule has 0 unspecified atom stereocenters. The molecule has 0 amide bonds. The molecule has 116 valence electrons. The van der Waals surface area contributed by atoms with E-state index >= 15 is 0 Å². The van der Waals surface area contributed by atoms with Crippen LogP contribution < -0.4 is 5.32 Å². The van der Waals surface area contributed by atoms with Crippen molar-refractivity contribution in [3.8, 4) is 0 Å². The number of hydrogen-bond acceptors (Lipinski definition) is 4. The summed E-state index contributed by atoms with van der Waals surface area (Å²) in [5.74, 6) is 0.979. The molecule has 2 heterocycles. The molecule has 0 aromatic carbocycles. The van der Waals surface area contributed by atoms with Gasteiger partial charge in [-0.05, 0) is 43.7 Å². The molecule has 6 heteroatoms. The topological polar surface area (TPSA) is 62.3 Å². The standard InChI is InChI=1S/C15H23N3O2S/c1-16-15-14(9-4-10-17-15)21(19,20)18-11-5-7-12-6-2-3-8-13(12)18/h4,9-10,12-13H,2-3,5-8,11H2,1H3,(H,16,17)/t12-,13-/m1/s1. The predicted octanol–water partition coefficient (Wildman–Crippen LogP) is 2.47. The highest BCUT2D eigenvalue weighted by molar-refractivity contribution is 7.89. The summed E-state index contributed by atoms with van der Waals surface area (Å²) in [6.07, 6.45) is 8.30. The van der Waals surface area contributed by atoms with E-state index in [0.717, 1.165) is 19.3 Å². The molecule has 2 atom stereocenters. The van der Waals surface area contributed by atoms with E-state index < -0.39 is 10.0 Å². The van der Waals surface area contributed by atoms with Crippen LogP contribution >= 0.6 is 0 Å². The largest absolute Gasteiger partial charge is 0.372 e. The fourth-order valence-electron chi connectivity index (χ4n) is 3.79. The van der Waals surface area contributed by atoms with Gasteiger partial charge in [0.25, 0.3) is 0 Å². The average Bonchev–Trinajstić information content (AvgIpc) is 2.54. The van der Waals surface area contributed by atoms with Gasteiger partial charge in [-0.1, -0.05) is 12.8 Å². The van der Waals surface area contributed by atoms with Gasteiger partial charge in [0.05, 0.1) is 0 Å². The monoisotopic (exact) mass is 309 g/mol. The van der Waals surface area contributed by atoms with Crippen LogP contribution in [-0.2, 0) is 10.0 Å². The Balaban J connectivity index is 1.96. The summed E-state index contributed by atoms with van der Waals surface area (Å²) in [4.78, 5) is 4.45. The van der Waals surface area contributed by atoms with E-state index in [1.165, 1.54) is 19.3 Å². The summed E-state index contributed by atoms with van der Waals surface area (Å²) in [6.45, 7) is 0.640. The van der Waals surface area contributed by atoms with Gasteiger partial charge in [-0.25, -0.2) is 13.4 Å². The number of piperidine rings is 1. The number of nitrogens with one attached hydrogen (secondary N) is 1. The van der Waals surface area contributed by atoms with E-state index in [0.29, 0.717) is 23.2 Å². The number of nitrogens with zero attached hydrogens (tertiary/aromatic N) is 2. The van der Waals surface area contributed by atoms with Gasteiger partial charge < -0.3 is 5.32 Å². The first-order chi connectivity index (χ1) is 10.1. The van der Waals surface area contributed by atoms with Crippen molar-refractivity contribution < 1.29 is 8.42 Å². The highest BCUT2D eigenvalue weighted by Crippen LogP contribution is 2.38. The van der Waals surface area contributed by atoms with Crippen molar-refractivity contribution in [2.45, 2.75) is 49.5 Å². The molecule has 2 fully saturated rings. The molecule has 1 saturated carbocycles. The Morgan fingerprint density at radius 1 is 1.24 bits per heavy atom. The molecule has 5 nitrogen and oxygen atoms in total. The summed E-state index contributed by atoms with van der Waals surface area (Å²) in [5.41, 5.74) is 0. The molecule has 1 aromatic heterocycles. The van der Waals surface area contributed by atoms with E-state index in [1.807, 2.05) is 0 Å². The number of pyridine rings is 1. The highest BCUT2D eigenvalue weighted by atomic mass is 32.2. The predicted molar refractivity (Wildman–Crippen MR) is 82.7 cm³/mol. The van der Waals surface area contributed by atoms with Crippen LogP contribution in [0.3, 0.4) is 0 Å². The molecular formula is C15H23N3O2S. The van der Waals surface area contributed by atoms with E-state index in [4.69, 9.17) is 0 Å². The van der Waals surface area contributed by atoms with Crippen LogP contribution in [0.15, 0.2) is 23.2 Å². The van der Waals surface area contributed by atoms with Crippen LogP contribution in [0.5, 0.6) is 0 Å². The lowest BCUT2D eigenvalue weighted by Gasteiger charge is -2.43. The van der Waals surface area contributed by atoms with Crippen LogP contribution in [-0.4, -0.2) is 37.3 Å². The van der Waals surface area contributed by atoms with Gasteiger partial charge in [-0.2, -0.15) is 4.31 Å². The second-order valence-corrected chi connectivity index (χ2v) is 7.83. The molecule has 0 radical (unpaired) electrons. The normalized spacial score (nSPS) is 27.1. The summed E-state index contributed by atoms with van der Waals surface area (Å²) in [6, 6.07) is 3.53. The summed E-state index contributed by atoms with van der Waals surface area (Å²) >= 11 is 0. The minimum absolute atomic E-state index is 0.183. The van der Waals surface area contributed by atoms with Crippen molar-refractivity contribution in [2.75, 3.05) is 18.9 Å². The fourth-order valence-corrected chi connectivity index (χ4v) is 5.70. The maximum absolute atomic E-state index is 13.1.